The van der Waals surface area contributed by atoms with Gasteiger partial charge in [-0.15, -0.1) is 0 Å². The van der Waals surface area contributed by atoms with Gasteiger partial charge in [0.15, 0.2) is 0 Å². The van der Waals surface area contributed by atoms with Crippen molar-refractivity contribution in [2.75, 3.05) is 13.6 Å². The molecule has 0 aromatic heterocycles. The smallest absolute Gasteiger partial charge is 0.221 e. The molecule has 1 aliphatic carbocycles. The van der Waals surface area contributed by atoms with Crippen molar-refractivity contribution in [3.05, 3.63) is 0 Å². The van der Waals surface area contributed by atoms with E-state index in [0.29, 0.717) is 19.0 Å². The number of nitrogens with two attached hydrogens (primary N) is 1. The Morgan fingerprint density at radius 3 is 2.53 bits per heavy atom. The summed E-state index contributed by atoms with van der Waals surface area (Å²) in [6.07, 6.45) is 3.01. The maximum absolute atomic E-state index is 11.6. The van der Waals surface area contributed by atoms with E-state index < -0.39 is 0 Å². The van der Waals surface area contributed by atoms with Crippen molar-refractivity contribution in [2.24, 2.45) is 5.73 Å². The van der Waals surface area contributed by atoms with Gasteiger partial charge in [-0.2, -0.15) is 0 Å². The van der Waals surface area contributed by atoms with Crippen molar-refractivity contribution in [2.45, 2.75) is 51.2 Å². The molecule has 1 aliphatic rings. The van der Waals surface area contributed by atoms with Crippen LogP contribution in [0.5, 0.6) is 0 Å². The number of likely N-dealkylation sites (N-methyl/N-ethyl adjacent to an activating group) is 1. The molecule has 3 N–H and O–H groups in total. The maximum Gasteiger partial charge on any atom is 0.221 e. The standard InChI is InChI=1S/C11H23N3O/c1-8(2)13-11(15)6-10(7-12)14(3)9-4-5-9/h8-10H,4-7,12H2,1-3H3,(H,13,15). The van der Waals surface area contributed by atoms with Crippen LogP contribution in [0.4, 0.5) is 0 Å². The first-order valence-corrected chi connectivity index (χ1v) is 5.76. The summed E-state index contributed by atoms with van der Waals surface area (Å²) in [5.41, 5.74) is 5.70. The third-order valence-corrected chi connectivity index (χ3v) is 2.84. The topological polar surface area (TPSA) is 58.4 Å². The first-order valence-electron chi connectivity index (χ1n) is 5.76. The highest BCUT2D eigenvalue weighted by atomic mass is 16.1. The minimum atomic E-state index is 0.105. The van der Waals surface area contributed by atoms with Crippen molar-refractivity contribution in [1.29, 1.82) is 0 Å². The Balaban J connectivity index is 2.34. The summed E-state index contributed by atoms with van der Waals surface area (Å²) in [5.74, 6) is 0.105. The monoisotopic (exact) mass is 213 g/mol. The summed E-state index contributed by atoms with van der Waals surface area (Å²) >= 11 is 0. The average Bonchev–Trinajstić information content (AvgIpc) is 2.94. The number of hydrogen-bond donors (Lipinski definition) is 2. The van der Waals surface area contributed by atoms with E-state index in [0.717, 1.165) is 0 Å². The first kappa shape index (κ1) is 12.5. The summed E-state index contributed by atoms with van der Waals surface area (Å²) in [5, 5.41) is 2.90. The minimum absolute atomic E-state index is 0.105. The number of amides is 1. The van der Waals surface area contributed by atoms with Crippen molar-refractivity contribution in [3.8, 4) is 0 Å². The van der Waals surface area contributed by atoms with Crippen LogP contribution in [0, 0.1) is 0 Å². The quantitative estimate of drug-likeness (QED) is 0.668. The Hall–Kier alpha value is -0.610. The van der Waals surface area contributed by atoms with Crippen molar-refractivity contribution >= 4 is 5.91 Å². The average molecular weight is 213 g/mol. The van der Waals surface area contributed by atoms with Crippen LogP contribution in [0.25, 0.3) is 0 Å². The SMILES string of the molecule is CC(C)NC(=O)CC(CN)N(C)C1CC1. The molecule has 0 aliphatic heterocycles. The highest BCUT2D eigenvalue weighted by molar-refractivity contribution is 5.76. The summed E-state index contributed by atoms with van der Waals surface area (Å²) in [4.78, 5) is 13.8. The van der Waals surface area contributed by atoms with Gasteiger partial charge >= 0.3 is 0 Å². The predicted octanol–water partition coefficient (Wildman–Crippen LogP) is 0.323. The Morgan fingerprint density at radius 1 is 1.53 bits per heavy atom. The van der Waals surface area contributed by atoms with Gasteiger partial charge in [-0.25, -0.2) is 0 Å². The van der Waals surface area contributed by atoms with Crippen LogP contribution in [0.2, 0.25) is 0 Å². The molecule has 4 heteroatoms. The predicted molar refractivity (Wildman–Crippen MR) is 61.5 cm³/mol. The Kier molecular flexibility index (Phi) is 4.54. The summed E-state index contributed by atoms with van der Waals surface area (Å²) < 4.78 is 0. The minimum Gasteiger partial charge on any atom is -0.354 e. The molecule has 1 amide bonds. The number of nitrogens with zero attached hydrogens (tertiary/aromatic N) is 1. The summed E-state index contributed by atoms with van der Waals surface area (Å²) in [6, 6.07) is 1.06. The van der Waals surface area contributed by atoms with Gasteiger partial charge in [0, 0.05) is 31.1 Å². The molecule has 0 spiro atoms. The van der Waals surface area contributed by atoms with E-state index in [-0.39, 0.29) is 18.0 Å². The van der Waals surface area contributed by atoms with E-state index in [9.17, 15) is 4.79 Å². The third kappa shape index (κ3) is 4.18. The molecule has 1 rings (SSSR count). The summed E-state index contributed by atoms with van der Waals surface area (Å²) in [6.45, 7) is 4.50. The molecule has 15 heavy (non-hydrogen) atoms. The lowest BCUT2D eigenvalue weighted by molar-refractivity contribution is -0.122. The van der Waals surface area contributed by atoms with E-state index in [1.54, 1.807) is 0 Å². The zero-order chi connectivity index (χ0) is 11.4. The lowest BCUT2D eigenvalue weighted by Crippen LogP contribution is -2.43. The van der Waals surface area contributed by atoms with Gasteiger partial charge in [0.25, 0.3) is 0 Å². The second kappa shape index (κ2) is 5.47. The van der Waals surface area contributed by atoms with Crippen LogP contribution in [0.1, 0.15) is 33.1 Å². The van der Waals surface area contributed by atoms with Gasteiger partial charge in [-0.3, -0.25) is 9.69 Å². The van der Waals surface area contributed by atoms with Crippen LogP contribution in [0.3, 0.4) is 0 Å². The fourth-order valence-electron chi connectivity index (χ4n) is 1.77. The maximum atomic E-state index is 11.6. The normalized spacial score (nSPS) is 18.3. The largest absolute Gasteiger partial charge is 0.354 e. The molecule has 4 nitrogen and oxygen atoms in total. The van der Waals surface area contributed by atoms with Crippen molar-refractivity contribution < 1.29 is 4.79 Å². The van der Waals surface area contributed by atoms with Crippen LogP contribution < -0.4 is 11.1 Å². The van der Waals surface area contributed by atoms with E-state index in [1.165, 1.54) is 12.8 Å². The van der Waals surface area contributed by atoms with Crippen molar-refractivity contribution in [3.63, 3.8) is 0 Å². The molecule has 1 saturated carbocycles. The first-order chi connectivity index (χ1) is 7.04. The van der Waals surface area contributed by atoms with Gasteiger partial charge in [-0.05, 0) is 33.7 Å². The molecular weight excluding hydrogens is 190 g/mol. The zero-order valence-corrected chi connectivity index (χ0v) is 9.99. The second-order valence-electron chi connectivity index (χ2n) is 4.71. The zero-order valence-electron chi connectivity index (χ0n) is 9.99. The van der Waals surface area contributed by atoms with Gasteiger partial charge in [0.05, 0.1) is 0 Å². The van der Waals surface area contributed by atoms with Crippen LogP contribution in [-0.4, -0.2) is 42.5 Å². The lowest BCUT2D eigenvalue weighted by Gasteiger charge is -2.26. The van der Waals surface area contributed by atoms with Crippen LogP contribution >= 0.6 is 0 Å². The van der Waals surface area contributed by atoms with E-state index in [1.807, 2.05) is 13.8 Å². The van der Waals surface area contributed by atoms with E-state index in [2.05, 4.69) is 17.3 Å². The van der Waals surface area contributed by atoms with Gasteiger partial charge in [0.2, 0.25) is 5.91 Å². The number of nitrogens with one attached hydrogen (secondary N) is 1. The fraction of sp³-hybridized carbons (Fsp3) is 0.909. The number of rotatable bonds is 6. The van der Waals surface area contributed by atoms with Crippen molar-refractivity contribution in [1.82, 2.24) is 10.2 Å². The molecule has 0 aromatic rings. The van der Waals surface area contributed by atoms with Gasteiger partial charge in [0.1, 0.15) is 0 Å². The van der Waals surface area contributed by atoms with Gasteiger partial charge in [-0.1, -0.05) is 0 Å². The third-order valence-electron chi connectivity index (χ3n) is 2.84. The highest BCUT2D eigenvalue weighted by Gasteiger charge is 2.31. The molecule has 88 valence electrons. The number of hydrogen-bond acceptors (Lipinski definition) is 3. The van der Waals surface area contributed by atoms with Crippen LogP contribution in [0.15, 0.2) is 0 Å². The van der Waals surface area contributed by atoms with Gasteiger partial charge < -0.3 is 11.1 Å². The molecule has 1 unspecified atom stereocenters. The molecular formula is C11H23N3O. The second-order valence-corrected chi connectivity index (χ2v) is 4.71. The molecule has 0 heterocycles. The molecule has 0 saturated heterocycles. The fourth-order valence-corrected chi connectivity index (χ4v) is 1.77. The molecule has 0 radical (unpaired) electrons. The number of carbonyl (C=O) groups excluding carboxylic acids is 1. The molecule has 0 aromatic carbocycles. The van der Waals surface area contributed by atoms with Crippen LogP contribution in [-0.2, 0) is 4.79 Å². The number of carbonyl (C=O) groups is 1. The lowest BCUT2D eigenvalue weighted by atomic mass is 10.1. The Bertz CT molecular complexity index is 214. The highest BCUT2D eigenvalue weighted by Crippen LogP contribution is 2.27. The Labute approximate surface area is 92.2 Å². The molecule has 0 bridgehead atoms. The Morgan fingerprint density at radius 2 is 2.13 bits per heavy atom. The molecule has 1 fully saturated rings. The molecule has 1 atom stereocenters. The summed E-state index contributed by atoms with van der Waals surface area (Å²) in [7, 11) is 2.07. The van der Waals surface area contributed by atoms with E-state index >= 15 is 0 Å². The van der Waals surface area contributed by atoms with E-state index in [4.69, 9.17) is 5.73 Å².